The van der Waals surface area contributed by atoms with Crippen molar-refractivity contribution >= 4 is 23.7 Å². The van der Waals surface area contributed by atoms with Crippen LogP contribution in [0.3, 0.4) is 0 Å². The van der Waals surface area contributed by atoms with Gasteiger partial charge in [-0.25, -0.2) is 4.79 Å². The molecular formula is C20H26N2O5. The largest absolute Gasteiger partial charge is 0.453 e. The maximum absolute atomic E-state index is 12.1. The molecule has 0 aromatic heterocycles. The number of aryl methyl sites for hydroxylation is 1. The molecule has 0 unspecified atom stereocenters. The molecule has 2 N–H and O–H groups in total. The normalized spacial score (nSPS) is 15.0. The number of rotatable bonds is 7. The number of nitrogens with one attached hydrogen (secondary N) is 2. The molecule has 0 spiro atoms. The molecule has 1 aromatic carbocycles. The smallest absolute Gasteiger partial charge is 0.321 e. The topological polar surface area (TPSA) is 102 Å². The zero-order valence-electron chi connectivity index (χ0n) is 15.7. The van der Waals surface area contributed by atoms with E-state index >= 15 is 0 Å². The summed E-state index contributed by atoms with van der Waals surface area (Å²) in [5.74, 6) is -1.52. The van der Waals surface area contributed by atoms with E-state index in [0.29, 0.717) is 5.56 Å². The molecule has 0 bridgehead atoms. The average Bonchev–Trinajstić information content (AvgIpc) is 3.13. The molecule has 1 aliphatic rings. The summed E-state index contributed by atoms with van der Waals surface area (Å²) in [5.41, 5.74) is 1.57. The maximum Gasteiger partial charge on any atom is 0.321 e. The highest BCUT2D eigenvalue weighted by Crippen LogP contribution is 2.17. The molecular weight excluding hydrogens is 348 g/mol. The van der Waals surface area contributed by atoms with Crippen molar-refractivity contribution in [3.63, 3.8) is 0 Å². The molecule has 7 nitrogen and oxygen atoms in total. The number of carbonyl (C=O) groups is 4. The van der Waals surface area contributed by atoms with E-state index in [1.807, 2.05) is 19.1 Å². The van der Waals surface area contributed by atoms with E-state index in [-0.39, 0.29) is 24.7 Å². The minimum absolute atomic E-state index is 0.00159. The van der Waals surface area contributed by atoms with Gasteiger partial charge in [-0.3, -0.25) is 19.7 Å². The number of hydrogen-bond donors (Lipinski definition) is 2. The summed E-state index contributed by atoms with van der Waals surface area (Å²) in [4.78, 5) is 47.6. The molecule has 1 fully saturated rings. The summed E-state index contributed by atoms with van der Waals surface area (Å²) >= 11 is 0. The van der Waals surface area contributed by atoms with Crippen LogP contribution in [-0.2, 0) is 14.3 Å². The van der Waals surface area contributed by atoms with E-state index in [1.165, 1.54) is 6.92 Å². The van der Waals surface area contributed by atoms with E-state index in [2.05, 4.69) is 10.6 Å². The van der Waals surface area contributed by atoms with Gasteiger partial charge >= 0.3 is 12.0 Å². The van der Waals surface area contributed by atoms with Crippen molar-refractivity contribution in [2.45, 2.75) is 64.5 Å². The Hall–Kier alpha value is -2.70. The van der Waals surface area contributed by atoms with Crippen LogP contribution >= 0.6 is 0 Å². The zero-order valence-corrected chi connectivity index (χ0v) is 15.7. The number of ether oxygens (including phenoxy) is 1. The third kappa shape index (κ3) is 6.84. The Balaban J connectivity index is 1.70. The van der Waals surface area contributed by atoms with Gasteiger partial charge in [-0.15, -0.1) is 0 Å². The molecule has 0 saturated heterocycles. The first-order chi connectivity index (χ1) is 12.8. The molecule has 0 heterocycles. The predicted octanol–water partition coefficient (Wildman–Crippen LogP) is 2.66. The van der Waals surface area contributed by atoms with Crippen LogP contribution in [0.4, 0.5) is 4.79 Å². The predicted molar refractivity (Wildman–Crippen MR) is 99.2 cm³/mol. The lowest BCUT2D eigenvalue weighted by molar-refractivity contribution is -0.154. The molecule has 1 saturated carbocycles. The quantitative estimate of drug-likeness (QED) is 0.564. The van der Waals surface area contributed by atoms with Crippen molar-refractivity contribution in [1.82, 2.24) is 10.6 Å². The van der Waals surface area contributed by atoms with Crippen LogP contribution in [-0.4, -0.2) is 35.8 Å². The summed E-state index contributed by atoms with van der Waals surface area (Å²) in [6.07, 6.45) is 2.70. The Morgan fingerprint density at radius 2 is 1.70 bits per heavy atom. The molecule has 1 atom stereocenters. The van der Waals surface area contributed by atoms with Gasteiger partial charge in [-0.05, 0) is 26.7 Å². The third-order valence-corrected chi connectivity index (χ3v) is 4.53. The molecule has 3 amide bonds. The standard InChI is InChI=1S/C20H26N2O5/c1-13-7-9-15(10-8-13)17(23)11-12-18(24)27-14(2)19(25)22-20(26)21-16-5-3-4-6-16/h7-10,14,16H,3-6,11-12H2,1-2H3,(H2,21,22,25,26)/t14-/m0/s1. The highest BCUT2D eigenvalue weighted by molar-refractivity contribution is 5.98. The fraction of sp³-hybridized carbons (Fsp3) is 0.500. The van der Waals surface area contributed by atoms with Gasteiger partial charge in [0.25, 0.3) is 5.91 Å². The van der Waals surface area contributed by atoms with Crippen LogP contribution in [0.15, 0.2) is 24.3 Å². The Kier molecular flexibility index (Phi) is 7.52. The van der Waals surface area contributed by atoms with Crippen LogP contribution in [0.1, 0.15) is 61.4 Å². The second kappa shape index (κ2) is 9.85. The lowest BCUT2D eigenvalue weighted by Crippen LogP contribution is -2.47. The number of carbonyl (C=O) groups excluding carboxylic acids is 4. The lowest BCUT2D eigenvalue weighted by atomic mass is 10.1. The molecule has 2 rings (SSSR count). The first-order valence-corrected chi connectivity index (χ1v) is 9.26. The highest BCUT2D eigenvalue weighted by Gasteiger charge is 2.23. The van der Waals surface area contributed by atoms with E-state index in [4.69, 9.17) is 4.74 Å². The van der Waals surface area contributed by atoms with Gasteiger partial charge in [0.15, 0.2) is 11.9 Å². The monoisotopic (exact) mass is 374 g/mol. The van der Waals surface area contributed by atoms with Crippen LogP contribution in [0.25, 0.3) is 0 Å². The van der Waals surface area contributed by atoms with Crippen LogP contribution in [0.2, 0.25) is 0 Å². The molecule has 0 radical (unpaired) electrons. The number of ketones is 1. The second-order valence-corrected chi connectivity index (χ2v) is 6.87. The van der Waals surface area contributed by atoms with Crippen LogP contribution < -0.4 is 10.6 Å². The van der Waals surface area contributed by atoms with Gasteiger partial charge in [0.1, 0.15) is 0 Å². The van der Waals surface area contributed by atoms with Crippen LogP contribution in [0, 0.1) is 6.92 Å². The number of imide groups is 1. The van der Waals surface area contributed by atoms with Crippen molar-refractivity contribution in [2.75, 3.05) is 0 Å². The maximum atomic E-state index is 12.1. The summed E-state index contributed by atoms with van der Waals surface area (Å²) in [6.45, 7) is 3.31. The van der Waals surface area contributed by atoms with Gasteiger partial charge in [0.05, 0.1) is 6.42 Å². The second-order valence-electron chi connectivity index (χ2n) is 6.87. The Bertz CT molecular complexity index is 693. The molecule has 146 valence electrons. The Morgan fingerprint density at radius 3 is 2.33 bits per heavy atom. The van der Waals surface area contributed by atoms with Crippen molar-refractivity contribution in [3.8, 4) is 0 Å². The van der Waals surface area contributed by atoms with Crippen molar-refractivity contribution < 1.29 is 23.9 Å². The number of hydrogen-bond acceptors (Lipinski definition) is 5. The van der Waals surface area contributed by atoms with Crippen LogP contribution in [0.5, 0.6) is 0 Å². The highest BCUT2D eigenvalue weighted by atomic mass is 16.5. The summed E-state index contributed by atoms with van der Waals surface area (Å²) in [6, 6.07) is 6.58. The molecule has 1 aromatic rings. The van der Waals surface area contributed by atoms with Crippen molar-refractivity contribution in [3.05, 3.63) is 35.4 Å². The Morgan fingerprint density at radius 1 is 1.07 bits per heavy atom. The van der Waals surface area contributed by atoms with Crippen molar-refractivity contribution in [2.24, 2.45) is 0 Å². The molecule has 27 heavy (non-hydrogen) atoms. The fourth-order valence-corrected chi connectivity index (χ4v) is 2.91. The fourth-order valence-electron chi connectivity index (χ4n) is 2.91. The lowest BCUT2D eigenvalue weighted by Gasteiger charge is -2.15. The number of Topliss-reactive ketones (excluding diaryl/α,β-unsaturated/α-hetero) is 1. The van der Waals surface area contributed by atoms with E-state index in [1.54, 1.807) is 12.1 Å². The number of esters is 1. The van der Waals surface area contributed by atoms with Crippen molar-refractivity contribution in [1.29, 1.82) is 0 Å². The van der Waals surface area contributed by atoms with Gasteiger partial charge in [0.2, 0.25) is 0 Å². The van der Waals surface area contributed by atoms with Gasteiger partial charge < -0.3 is 10.1 Å². The summed E-state index contributed by atoms with van der Waals surface area (Å²) in [5, 5.41) is 4.90. The molecule has 0 aliphatic heterocycles. The molecule has 1 aliphatic carbocycles. The minimum atomic E-state index is -1.11. The number of amides is 3. The summed E-state index contributed by atoms with van der Waals surface area (Å²) < 4.78 is 5.01. The van der Waals surface area contributed by atoms with Gasteiger partial charge in [-0.2, -0.15) is 0 Å². The first kappa shape index (κ1) is 20.6. The third-order valence-electron chi connectivity index (χ3n) is 4.53. The Labute approximate surface area is 158 Å². The summed E-state index contributed by atoms with van der Waals surface area (Å²) in [7, 11) is 0. The zero-order chi connectivity index (χ0) is 19.8. The SMILES string of the molecule is Cc1ccc(C(=O)CCC(=O)O[C@@H](C)C(=O)NC(=O)NC2CCCC2)cc1. The van der Waals surface area contributed by atoms with Gasteiger partial charge in [0, 0.05) is 18.0 Å². The minimum Gasteiger partial charge on any atom is -0.453 e. The number of benzene rings is 1. The van der Waals surface area contributed by atoms with E-state index in [0.717, 1.165) is 31.2 Å². The van der Waals surface area contributed by atoms with E-state index in [9.17, 15) is 19.2 Å². The number of urea groups is 1. The van der Waals surface area contributed by atoms with E-state index < -0.39 is 24.0 Å². The molecule has 7 heteroatoms. The van der Waals surface area contributed by atoms with Gasteiger partial charge in [-0.1, -0.05) is 42.7 Å². The average molecular weight is 374 g/mol. The first-order valence-electron chi connectivity index (χ1n) is 9.26.